The van der Waals surface area contributed by atoms with Gasteiger partial charge in [-0.3, -0.25) is 0 Å². The Morgan fingerprint density at radius 2 is 1.73 bits per heavy atom. The molecule has 2 heterocycles. The number of nitrogens with zero attached hydrogens (tertiary/aromatic N) is 3. The Morgan fingerprint density at radius 1 is 1.00 bits per heavy atom. The van der Waals surface area contributed by atoms with Gasteiger partial charge in [-0.2, -0.15) is 4.98 Å². The largest absolute Gasteiger partial charge is 0.431 e. The Kier molecular flexibility index (Phi) is 4.53. The number of thioether (sulfide) groups is 1. The molecule has 7 heteroatoms. The lowest BCUT2D eigenvalue weighted by Gasteiger charge is -1.95. The van der Waals surface area contributed by atoms with Gasteiger partial charge in [0.1, 0.15) is 5.82 Å². The van der Waals surface area contributed by atoms with Crippen molar-refractivity contribution in [1.82, 2.24) is 15.1 Å². The maximum Gasteiger partial charge on any atom is 0.257 e. The minimum atomic E-state index is -0.288. The Balaban J connectivity index is 1.42. The van der Waals surface area contributed by atoms with E-state index in [1.807, 2.05) is 31.2 Å². The highest BCUT2D eigenvalue weighted by molar-refractivity contribution is 7.98. The van der Waals surface area contributed by atoms with Crippen molar-refractivity contribution >= 4 is 11.8 Å². The molecule has 0 saturated carbocycles. The first-order chi connectivity index (χ1) is 12.7. The van der Waals surface area contributed by atoms with Crippen molar-refractivity contribution in [2.75, 3.05) is 0 Å². The molecule has 5 nitrogen and oxygen atoms in total. The predicted molar refractivity (Wildman–Crippen MR) is 95.9 cm³/mol. The van der Waals surface area contributed by atoms with Crippen LogP contribution < -0.4 is 0 Å². The fourth-order valence-electron chi connectivity index (χ4n) is 2.32. The van der Waals surface area contributed by atoms with E-state index in [2.05, 4.69) is 15.1 Å². The van der Waals surface area contributed by atoms with Crippen LogP contribution in [0.5, 0.6) is 0 Å². The van der Waals surface area contributed by atoms with Crippen LogP contribution in [0.25, 0.3) is 22.8 Å². The molecular formula is C19H14FN3O2S. The highest BCUT2D eigenvalue weighted by Crippen LogP contribution is 2.27. The molecule has 0 N–H and O–H groups in total. The SMILES string of the molecule is Cc1ccc(-c2nc(CSc3ncc(-c4ccc(F)cc4)o3)no2)cc1. The first kappa shape index (κ1) is 16.5. The number of rotatable bonds is 5. The van der Waals surface area contributed by atoms with Gasteiger partial charge in [-0.15, -0.1) is 0 Å². The van der Waals surface area contributed by atoms with Gasteiger partial charge in [-0.05, 0) is 43.3 Å². The molecule has 0 aliphatic carbocycles. The zero-order valence-corrected chi connectivity index (χ0v) is 14.7. The van der Waals surface area contributed by atoms with Crippen molar-refractivity contribution in [3.8, 4) is 22.8 Å². The number of hydrogen-bond donors (Lipinski definition) is 0. The lowest BCUT2D eigenvalue weighted by Crippen LogP contribution is -1.84. The van der Waals surface area contributed by atoms with Crippen molar-refractivity contribution in [3.63, 3.8) is 0 Å². The maximum atomic E-state index is 13.0. The standard InChI is InChI=1S/C19H14FN3O2S/c1-12-2-4-14(5-3-12)18-22-17(23-25-18)11-26-19-21-10-16(24-19)13-6-8-15(20)9-7-13/h2-10H,11H2,1H3. The third kappa shape index (κ3) is 3.67. The van der Waals surface area contributed by atoms with Crippen LogP contribution in [0.3, 0.4) is 0 Å². The van der Waals surface area contributed by atoms with Crippen molar-refractivity contribution in [2.45, 2.75) is 17.9 Å². The van der Waals surface area contributed by atoms with Crippen LogP contribution in [0.4, 0.5) is 4.39 Å². The number of hydrogen-bond acceptors (Lipinski definition) is 6. The second kappa shape index (κ2) is 7.13. The van der Waals surface area contributed by atoms with E-state index < -0.39 is 0 Å². The summed E-state index contributed by atoms with van der Waals surface area (Å²) in [5.74, 6) is 1.82. The van der Waals surface area contributed by atoms with E-state index in [4.69, 9.17) is 8.94 Å². The van der Waals surface area contributed by atoms with Crippen LogP contribution in [-0.4, -0.2) is 15.1 Å². The van der Waals surface area contributed by atoms with E-state index in [1.165, 1.54) is 29.5 Å². The first-order valence-electron chi connectivity index (χ1n) is 7.91. The summed E-state index contributed by atoms with van der Waals surface area (Å²) in [6, 6.07) is 14.0. The smallest absolute Gasteiger partial charge is 0.257 e. The maximum absolute atomic E-state index is 13.0. The Bertz CT molecular complexity index is 926. The van der Waals surface area contributed by atoms with Gasteiger partial charge in [-0.1, -0.05) is 34.6 Å². The summed E-state index contributed by atoms with van der Waals surface area (Å²) in [6.07, 6.45) is 1.61. The number of aromatic nitrogens is 3. The molecule has 130 valence electrons. The molecule has 0 radical (unpaired) electrons. The van der Waals surface area contributed by atoms with Crippen LogP contribution in [-0.2, 0) is 5.75 Å². The highest BCUT2D eigenvalue weighted by Gasteiger charge is 2.12. The minimum absolute atomic E-state index is 0.288. The second-order valence-corrected chi connectivity index (χ2v) is 6.59. The van der Waals surface area contributed by atoms with Crippen LogP contribution in [0.2, 0.25) is 0 Å². The number of aryl methyl sites for hydroxylation is 1. The molecule has 0 bridgehead atoms. The topological polar surface area (TPSA) is 65.0 Å². The van der Waals surface area contributed by atoms with Gasteiger partial charge in [0.2, 0.25) is 0 Å². The fourth-order valence-corrected chi connectivity index (χ4v) is 2.97. The summed E-state index contributed by atoms with van der Waals surface area (Å²) >= 11 is 1.37. The molecule has 0 saturated heterocycles. The molecule has 0 unspecified atom stereocenters. The Hall–Kier alpha value is -2.93. The first-order valence-corrected chi connectivity index (χ1v) is 8.90. The van der Waals surface area contributed by atoms with Crippen molar-refractivity contribution in [1.29, 1.82) is 0 Å². The summed E-state index contributed by atoms with van der Waals surface area (Å²) in [7, 11) is 0. The quantitative estimate of drug-likeness (QED) is 0.456. The van der Waals surface area contributed by atoms with Crippen molar-refractivity contribution in [3.05, 3.63) is 71.9 Å². The van der Waals surface area contributed by atoms with E-state index >= 15 is 0 Å². The summed E-state index contributed by atoms with van der Waals surface area (Å²) in [5.41, 5.74) is 2.82. The minimum Gasteiger partial charge on any atom is -0.431 e. The van der Waals surface area contributed by atoms with Gasteiger partial charge in [0.15, 0.2) is 11.6 Å². The third-order valence-corrected chi connectivity index (χ3v) is 4.54. The number of benzene rings is 2. The van der Waals surface area contributed by atoms with Gasteiger partial charge in [0.25, 0.3) is 11.1 Å². The number of halogens is 1. The summed E-state index contributed by atoms with van der Waals surface area (Å²) < 4.78 is 24.0. The van der Waals surface area contributed by atoms with Crippen molar-refractivity contribution < 1.29 is 13.3 Å². The molecule has 0 spiro atoms. The zero-order valence-electron chi connectivity index (χ0n) is 13.8. The average Bonchev–Trinajstić information content (AvgIpc) is 3.31. The molecule has 2 aromatic heterocycles. The lowest BCUT2D eigenvalue weighted by molar-refractivity contribution is 0.425. The van der Waals surface area contributed by atoms with Crippen LogP contribution in [0.1, 0.15) is 11.4 Å². The normalized spacial score (nSPS) is 11.0. The molecule has 0 amide bonds. The molecule has 2 aromatic carbocycles. The zero-order chi connectivity index (χ0) is 17.9. The Morgan fingerprint density at radius 3 is 2.50 bits per heavy atom. The molecule has 4 aromatic rings. The monoisotopic (exact) mass is 367 g/mol. The Labute approximate surface area is 153 Å². The molecule has 4 rings (SSSR count). The van der Waals surface area contributed by atoms with Gasteiger partial charge in [-0.25, -0.2) is 9.37 Å². The van der Waals surface area contributed by atoms with Crippen LogP contribution in [0, 0.1) is 12.7 Å². The summed E-state index contributed by atoms with van der Waals surface area (Å²) in [5, 5.41) is 4.48. The average molecular weight is 367 g/mol. The predicted octanol–water partition coefficient (Wildman–Crippen LogP) is 5.13. The van der Waals surface area contributed by atoms with Gasteiger partial charge in [0, 0.05) is 11.1 Å². The number of oxazole rings is 1. The van der Waals surface area contributed by atoms with Crippen LogP contribution in [0.15, 0.2) is 68.9 Å². The summed E-state index contributed by atoms with van der Waals surface area (Å²) in [6.45, 7) is 2.02. The molecule has 0 aliphatic heterocycles. The van der Waals surface area contributed by atoms with Gasteiger partial charge >= 0.3 is 0 Å². The summed E-state index contributed by atoms with van der Waals surface area (Å²) in [4.78, 5) is 8.61. The van der Waals surface area contributed by atoms with E-state index in [1.54, 1.807) is 18.3 Å². The molecule has 0 atom stereocenters. The lowest BCUT2D eigenvalue weighted by atomic mass is 10.1. The van der Waals surface area contributed by atoms with Gasteiger partial charge in [0.05, 0.1) is 11.9 Å². The fraction of sp³-hybridized carbons (Fsp3) is 0.105. The van der Waals surface area contributed by atoms with Crippen molar-refractivity contribution in [2.24, 2.45) is 0 Å². The molecule has 26 heavy (non-hydrogen) atoms. The van der Waals surface area contributed by atoms with E-state index in [0.717, 1.165) is 11.1 Å². The second-order valence-electron chi connectivity index (χ2n) is 5.67. The van der Waals surface area contributed by atoms with Crippen LogP contribution >= 0.6 is 11.8 Å². The van der Waals surface area contributed by atoms with Gasteiger partial charge < -0.3 is 8.94 Å². The van der Waals surface area contributed by atoms with E-state index in [-0.39, 0.29) is 5.82 Å². The molecule has 0 fully saturated rings. The van der Waals surface area contributed by atoms with E-state index in [9.17, 15) is 4.39 Å². The molecule has 0 aliphatic rings. The third-order valence-electron chi connectivity index (χ3n) is 3.70. The molecular weight excluding hydrogens is 353 g/mol. The highest BCUT2D eigenvalue weighted by atomic mass is 32.2. The van der Waals surface area contributed by atoms with E-state index in [0.29, 0.717) is 28.5 Å².